The fourth-order valence-electron chi connectivity index (χ4n) is 2.08. The molecule has 1 aromatic rings. The lowest BCUT2D eigenvalue weighted by molar-refractivity contribution is -0.124. The minimum Gasteiger partial charge on any atom is -0.370 e. The Kier molecular flexibility index (Phi) is 6.38. The van der Waals surface area contributed by atoms with Gasteiger partial charge in [-0.15, -0.1) is 0 Å². The average Bonchev–Trinajstić information content (AvgIpc) is 2.37. The zero-order chi connectivity index (χ0) is 15.1. The van der Waals surface area contributed by atoms with Crippen molar-refractivity contribution < 1.29 is 4.79 Å². The third kappa shape index (κ3) is 5.13. The highest BCUT2D eigenvalue weighted by molar-refractivity contribution is 5.78. The molecule has 1 amide bonds. The van der Waals surface area contributed by atoms with E-state index < -0.39 is 0 Å². The van der Waals surface area contributed by atoms with Crippen LogP contribution in [0.5, 0.6) is 0 Å². The van der Waals surface area contributed by atoms with Gasteiger partial charge in [0.15, 0.2) is 0 Å². The lowest BCUT2D eigenvalue weighted by atomic mass is 10.1. The third-order valence-electron chi connectivity index (χ3n) is 2.95. The van der Waals surface area contributed by atoms with Crippen molar-refractivity contribution >= 4 is 11.7 Å². The summed E-state index contributed by atoms with van der Waals surface area (Å²) in [5, 5.41) is 5.86. The molecule has 1 unspecified atom stereocenters. The molecule has 0 radical (unpaired) electrons. The van der Waals surface area contributed by atoms with Crippen LogP contribution in [-0.2, 0) is 11.3 Å². The second-order valence-electron chi connectivity index (χ2n) is 5.05. The second kappa shape index (κ2) is 7.79. The SMILES string of the molecule is CCNc1cc(C)nc(CN(C)CC(C)C(=O)NC)n1. The maximum Gasteiger partial charge on any atom is 0.223 e. The molecule has 1 atom stereocenters. The van der Waals surface area contributed by atoms with Crippen LogP contribution in [0.25, 0.3) is 0 Å². The van der Waals surface area contributed by atoms with E-state index in [-0.39, 0.29) is 11.8 Å². The van der Waals surface area contributed by atoms with Gasteiger partial charge in [0, 0.05) is 37.8 Å². The number of carbonyl (C=O) groups is 1. The quantitative estimate of drug-likeness (QED) is 0.780. The van der Waals surface area contributed by atoms with E-state index in [0.29, 0.717) is 13.1 Å². The first-order valence-corrected chi connectivity index (χ1v) is 6.94. The molecule has 0 aliphatic rings. The number of aryl methyl sites for hydroxylation is 1. The summed E-state index contributed by atoms with van der Waals surface area (Å²) in [6, 6.07) is 1.93. The number of rotatable bonds is 7. The van der Waals surface area contributed by atoms with Crippen LogP contribution >= 0.6 is 0 Å². The van der Waals surface area contributed by atoms with E-state index in [1.165, 1.54) is 0 Å². The normalized spacial score (nSPS) is 12.3. The number of aromatic nitrogens is 2. The summed E-state index contributed by atoms with van der Waals surface area (Å²) >= 11 is 0. The Labute approximate surface area is 121 Å². The van der Waals surface area contributed by atoms with Gasteiger partial charge < -0.3 is 10.6 Å². The van der Waals surface area contributed by atoms with Crippen LogP contribution in [0.1, 0.15) is 25.4 Å². The smallest absolute Gasteiger partial charge is 0.223 e. The summed E-state index contributed by atoms with van der Waals surface area (Å²) in [6.07, 6.45) is 0. The molecule has 0 saturated carbocycles. The number of hydrogen-bond donors (Lipinski definition) is 2. The predicted molar refractivity (Wildman–Crippen MR) is 80.5 cm³/mol. The Morgan fingerprint density at radius 1 is 1.45 bits per heavy atom. The van der Waals surface area contributed by atoms with Crippen LogP contribution in [0.15, 0.2) is 6.07 Å². The average molecular weight is 279 g/mol. The van der Waals surface area contributed by atoms with Gasteiger partial charge in [0.25, 0.3) is 0 Å². The topological polar surface area (TPSA) is 70.2 Å². The van der Waals surface area contributed by atoms with Crippen LogP contribution in [0.3, 0.4) is 0 Å². The number of amides is 1. The van der Waals surface area contributed by atoms with Crippen molar-refractivity contribution in [2.45, 2.75) is 27.3 Å². The zero-order valence-corrected chi connectivity index (χ0v) is 13.0. The van der Waals surface area contributed by atoms with Gasteiger partial charge >= 0.3 is 0 Å². The number of nitrogens with one attached hydrogen (secondary N) is 2. The van der Waals surface area contributed by atoms with Gasteiger partial charge in [-0.2, -0.15) is 0 Å². The fourth-order valence-corrected chi connectivity index (χ4v) is 2.08. The van der Waals surface area contributed by atoms with E-state index in [1.54, 1.807) is 7.05 Å². The number of hydrogen-bond acceptors (Lipinski definition) is 5. The van der Waals surface area contributed by atoms with E-state index in [0.717, 1.165) is 23.9 Å². The Morgan fingerprint density at radius 3 is 2.75 bits per heavy atom. The van der Waals surface area contributed by atoms with Gasteiger partial charge in [-0.3, -0.25) is 9.69 Å². The number of carbonyl (C=O) groups excluding carboxylic acids is 1. The van der Waals surface area contributed by atoms with E-state index in [1.807, 2.05) is 33.9 Å². The molecule has 0 fully saturated rings. The monoisotopic (exact) mass is 279 g/mol. The summed E-state index contributed by atoms with van der Waals surface area (Å²) in [4.78, 5) is 22.5. The molecule has 6 heteroatoms. The van der Waals surface area contributed by atoms with E-state index in [2.05, 4.69) is 25.5 Å². The highest BCUT2D eigenvalue weighted by Crippen LogP contribution is 2.08. The van der Waals surface area contributed by atoms with Gasteiger partial charge in [0.1, 0.15) is 11.6 Å². The Bertz CT molecular complexity index is 449. The number of nitrogens with zero attached hydrogens (tertiary/aromatic N) is 3. The summed E-state index contributed by atoms with van der Waals surface area (Å²) < 4.78 is 0. The molecule has 0 aliphatic carbocycles. The molecule has 2 N–H and O–H groups in total. The molecule has 0 saturated heterocycles. The van der Waals surface area contributed by atoms with Gasteiger partial charge in [0.2, 0.25) is 5.91 Å². The zero-order valence-electron chi connectivity index (χ0n) is 13.0. The van der Waals surface area contributed by atoms with Crippen LogP contribution in [0.4, 0.5) is 5.82 Å². The molecule has 0 bridgehead atoms. The Balaban J connectivity index is 2.65. The molecule has 1 heterocycles. The Hall–Kier alpha value is -1.69. The molecule has 1 rings (SSSR count). The Morgan fingerprint density at radius 2 is 2.15 bits per heavy atom. The molecular formula is C14H25N5O. The van der Waals surface area contributed by atoms with E-state index in [9.17, 15) is 4.79 Å². The van der Waals surface area contributed by atoms with Gasteiger partial charge in [-0.05, 0) is 20.9 Å². The second-order valence-corrected chi connectivity index (χ2v) is 5.05. The highest BCUT2D eigenvalue weighted by atomic mass is 16.1. The molecule has 0 aromatic carbocycles. The minimum atomic E-state index is -0.0527. The molecule has 0 spiro atoms. The standard InChI is InChI=1S/C14H25N5O/c1-6-16-12-7-11(3)17-13(18-12)9-19(5)8-10(2)14(20)15-4/h7,10H,6,8-9H2,1-5H3,(H,15,20)(H,16,17,18). The van der Waals surface area contributed by atoms with E-state index >= 15 is 0 Å². The molecule has 0 aliphatic heterocycles. The van der Waals surface area contributed by atoms with Gasteiger partial charge in [0.05, 0.1) is 6.54 Å². The third-order valence-corrected chi connectivity index (χ3v) is 2.95. The molecule has 6 nitrogen and oxygen atoms in total. The predicted octanol–water partition coefficient (Wildman–Crippen LogP) is 1.03. The van der Waals surface area contributed by atoms with Crippen molar-refractivity contribution in [3.8, 4) is 0 Å². The van der Waals surface area contributed by atoms with Crippen LogP contribution < -0.4 is 10.6 Å². The molecule has 1 aromatic heterocycles. The fraction of sp³-hybridized carbons (Fsp3) is 0.643. The van der Waals surface area contributed by atoms with Crippen molar-refractivity contribution in [2.75, 3.05) is 32.5 Å². The van der Waals surface area contributed by atoms with Crippen molar-refractivity contribution in [1.82, 2.24) is 20.2 Å². The van der Waals surface area contributed by atoms with Crippen molar-refractivity contribution in [2.24, 2.45) is 5.92 Å². The summed E-state index contributed by atoms with van der Waals surface area (Å²) in [5.74, 6) is 1.62. The molecule has 112 valence electrons. The summed E-state index contributed by atoms with van der Waals surface area (Å²) in [6.45, 7) is 8.04. The lowest BCUT2D eigenvalue weighted by Gasteiger charge is -2.20. The van der Waals surface area contributed by atoms with Crippen LogP contribution in [0, 0.1) is 12.8 Å². The maximum atomic E-state index is 11.5. The summed E-state index contributed by atoms with van der Waals surface area (Å²) in [7, 11) is 3.63. The van der Waals surface area contributed by atoms with Crippen LogP contribution in [-0.4, -0.2) is 48.0 Å². The van der Waals surface area contributed by atoms with Crippen molar-refractivity contribution in [1.29, 1.82) is 0 Å². The van der Waals surface area contributed by atoms with E-state index in [4.69, 9.17) is 0 Å². The van der Waals surface area contributed by atoms with Gasteiger partial charge in [-0.25, -0.2) is 9.97 Å². The molecular weight excluding hydrogens is 254 g/mol. The first-order valence-electron chi connectivity index (χ1n) is 6.94. The lowest BCUT2D eigenvalue weighted by Crippen LogP contribution is -2.34. The number of anilines is 1. The van der Waals surface area contributed by atoms with Crippen molar-refractivity contribution in [3.63, 3.8) is 0 Å². The first-order chi connectivity index (χ1) is 9.46. The minimum absolute atomic E-state index is 0.0512. The highest BCUT2D eigenvalue weighted by Gasteiger charge is 2.14. The van der Waals surface area contributed by atoms with Crippen LogP contribution in [0.2, 0.25) is 0 Å². The first kappa shape index (κ1) is 16.4. The van der Waals surface area contributed by atoms with Gasteiger partial charge in [-0.1, -0.05) is 6.92 Å². The largest absolute Gasteiger partial charge is 0.370 e. The molecule has 20 heavy (non-hydrogen) atoms. The summed E-state index contributed by atoms with van der Waals surface area (Å²) in [5.41, 5.74) is 0.943. The van der Waals surface area contributed by atoms with Crippen molar-refractivity contribution in [3.05, 3.63) is 17.6 Å². The maximum absolute atomic E-state index is 11.5.